The molecule has 2 aromatic rings. The fraction of sp³-hybridized carbons (Fsp3) is 0.517. The van der Waals surface area contributed by atoms with Gasteiger partial charge in [-0.05, 0) is 70.6 Å². The first kappa shape index (κ1) is 28.8. The topological polar surface area (TPSA) is 88.1 Å². The van der Waals surface area contributed by atoms with Gasteiger partial charge in [0, 0.05) is 36.1 Å². The normalized spacial score (nSPS) is 17.6. The average molecular weight is 531 g/mol. The predicted octanol–water partition coefficient (Wildman–Crippen LogP) is 6.29. The fourth-order valence-electron chi connectivity index (χ4n) is 5.02. The van der Waals surface area contributed by atoms with Gasteiger partial charge >= 0.3 is 12.2 Å². The van der Waals surface area contributed by atoms with Crippen LogP contribution in [0.5, 0.6) is 0 Å². The van der Waals surface area contributed by atoms with Gasteiger partial charge in [0.25, 0.3) is 0 Å². The van der Waals surface area contributed by atoms with E-state index in [1.165, 1.54) is 7.11 Å². The van der Waals surface area contributed by atoms with Crippen molar-refractivity contribution < 1.29 is 24.2 Å². The Morgan fingerprint density at radius 3 is 2.59 bits per heavy atom. The molecule has 8 heteroatoms. The van der Waals surface area contributed by atoms with Crippen LogP contribution in [0.4, 0.5) is 9.59 Å². The number of nitrogens with one attached hydrogen (secondary N) is 1. The number of ether oxygens (including phenoxy) is 2. The number of halogens is 1. The van der Waals surface area contributed by atoms with Crippen LogP contribution in [-0.4, -0.2) is 54.5 Å². The van der Waals surface area contributed by atoms with Crippen LogP contribution >= 0.6 is 11.6 Å². The number of aryl methyl sites for hydroxylation is 1. The molecule has 1 aliphatic rings. The molecule has 7 nitrogen and oxygen atoms in total. The first-order valence-corrected chi connectivity index (χ1v) is 13.2. The highest BCUT2D eigenvalue weighted by Crippen LogP contribution is 2.45. The van der Waals surface area contributed by atoms with Gasteiger partial charge in [-0.3, -0.25) is 0 Å². The highest BCUT2D eigenvalue weighted by Gasteiger charge is 2.43. The van der Waals surface area contributed by atoms with Gasteiger partial charge in [-0.25, -0.2) is 9.59 Å². The molecule has 2 atom stereocenters. The Morgan fingerprint density at radius 2 is 1.92 bits per heavy atom. The van der Waals surface area contributed by atoms with Crippen LogP contribution in [0.2, 0.25) is 5.02 Å². The van der Waals surface area contributed by atoms with Crippen molar-refractivity contribution in [1.82, 2.24) is 10.2 Å². The van der Waals surface area contributed by atoms with E-state index in [0.29, 0.717) is 37.5 Å². The fourth-order valence-corrected chi connectivity index (χ4v) is 5.30. The van der Waals surface area contributed by atoms with E-state index in [2.05, 4.69) is 16.1 Å². The second-order valence-electron chi connectivity index (χ2n) is 10.7. The maximum atomic E-state index is 12.9. The van der Waals surface area contributed by atoms with E-state index in [-0.39, 0.29) is 12.0 Å². The van der Waals surface area contributed by atoms with Gasteiger partial charge < -0.3 is 24.8 Å². The number of piperidine rings is 1. The molecule has 0 radical (unpaired) electrons. The molecule has 2 aromatic carbocycles. The minimum Gasteiger partial charge on any atom is -0.453 e. The molecule has 0 bridgehead atoms. The molecule has 37 heavy (non-hydrogen) atoms. The van der Waals surface area contributed by atoms with E-state index in [4.69, 9.17) is 16.3 Å². The summed E-state index contributed by atoms with van der Waals surface area (Å²) in [5, 5.41) is 15.8. The number of methoxy groups -OCH3 is 1. The molecule has 0 saturated carbocycles. The minimum atomic E-state index is -1.30. The highest BCUT2D eigenvalue weighted by atomic mass is 35.5. The van der Waals surface area contributed by atoms with Crippen molar-refractivity contribution in [2.24, 2.45) is 5.92 Å². The first-order chi connectivity index (χ1) is 17.4. The molecular weight excluding hydrogens is 492 g/mol. The lowest BCUT2D eigenvalue weighted by Gasteiger charge is -2.43. The van der Waals surface area contributed by atoms with Crippen LogP contribution < -0.4 is 5.32 Å². The third-order valence-electron chi connectivity index (χ3n) is 6.72. The van der Waals surface area contributed by atoms with Gasteiger partial charge in [0.2, 0.25) is 0 Å². The molecule has 0 spiro atoms. The Kier molecular flexibility index (Phi) is 9.48. The average Bonchev–Trinajstić information content (AvgIpc) is 2.85. The second kappa shape index (κ2) is 12.2. The Bertz CT molecular complexity index is 1100. The van der Waals surface area contributed by atoms with Gasteiger partial charge in [0.15, 0.2) is 0 Å². The summed E-state index contributed by atoms with van der Waals surface area (Å²) in [4.78, 5) is 26.2. The molecule has 3 rings (SSSR count). The monoisotopic (exact) mass is 530 g/mol. The minimum absolute atomic E-state index is 0.256. The number of alkyl carbamates (subject to hydrolysis) is 1. The summed E-state index contributed by atoms with van der Waals surface area (Å²) in [6.07, 6.45) is 1.46. The van der Waals surface area contributed by atoms with E-state index in [1.807, 2.05) is 64.1 Å². The summed E-state index contributed by atoms with van der Waals surface area (Å²) < 4.78 is 10.3. The van der Waals surface area contributed by atoms with E-state index in [1.54, 1.807) is 4.90 Å². The van der Waals surface area contributed by atoms with E-state index in [0.717, 1.165) is 35.1 Å². The number of hydrogen-bond acceptors (Lipinski definition) is 5. The van der Waals surface area contributed by atoms with Crippen LogP contribution in [0, 0.1) is 12.8 Å². The van der Waals surface area contributed by atoms with Crippen molar-refractivity contribution in [3.05, 3.63) is 58.6 Å². The number of benzene rings is 2. The lowest BCUT2D eigenvalue weighted by molar-refractivity contribution is -0.0629. The number of carbonyl (C=O) groups excluding carboxylic acids is 2. The molecule has 1 saturated heterocycles. The molecule has 1 fully saturated rings. The molecule has 2 amide bonds. The number of hydrogen-bond donors (Lipinski definition) is 2. The van der Waals surface area contributed by atoms with E-state index >= 15 is 0 Å². The van der Waals surface area contributed by atoms with E-state index < -0.39 is 17.3 Å². The molecule has 0 aliphatic carbocycles. The number of amides is 2. The molecule has 202 valence electrons. The van der Waals surface area contributed by atoms with Gasteiger partial charge in [-0.15, -0.1) is 0 Å². The van der Waals surface area contributed by atoms with Crippen molar-refractivity contribution >= 4 is 23.8 Å². The molecule has 1 heterocycles. The Labute approximate surface area is 225 Å². The largest absolute Gasteiger partial charge is 0.453 e. The SMILES string of the molecule is COC(=O)NCCC[C@@](O)(c1cccc(Cl)c1-c1cccc(C)c1)[C@@H]1CCCN(C(=O)OC(C)(C)C)C1. The highest BCUT2D eigenvalue weighted by molar-refractivity contribution is 6.33. The zero-order valence-corrected chi connectivity index (χ0v) is 23.2. The summed E-state index contributed by atoms with van der Waals surface area (Å²) in [5.41, 5.74) is 1.60. The van der Waals surface area contributed by atoms with Gasteiger partial charge in [-0.2, -0.15) is 0 Å². The number of carbonyl (C=O) groups is 2. The van der Waals surface area contributed by atoms with Crippen LogP contribution in [0.25, 0.3) is 11.1 Å². The van der Waals surface area contributed by atoms with Crippen molar-refractivity contribution in [3.8, 4) is 11.1 Å². The Hall–Kier alpha value is -2.77. The van der Waals surface area contributed by atoms with Crippen molar-refractivity contribution in [3.63, 3.8) is 0 Å². The summed E-state index contributed by atoms with van der Waals surface area (Å²) in [6.45, 7) is 8.83. The quantitative estimate of drug-likeness (QED) is 0.411. The molecule has 0 unspecified atom stereocenters. The zero-order chi connectivity index (χ0) is 27.2. The molecule has 2 N–H and O–H groups in total. The smallest absolute Gasteiger partial charge is 0.410 e. The van der Waals surface area contributed by atoms with Gasteiger partial charge in [0.05, 0.1) is 12.7 Å². The summed E-state index contributed by atoms with van der Waals surface area (Å²) in [5.74, 6) is -0.256. The summed E-state index contributed by atoms with van der Waals surface area (Å²) in [7, 11) is 1.32. The third-order valence-corrected chi connectivity index (χ3v) is 7.04. The maximum Gasteiger partial charge on any atom is 0.410 e. The lowest BCUT2D eigenvalue weighted by atomic mass is 9.72. The van der Waals surface area contributed by atoms with E-state index in [9.17, 15) is 14.7 Å². The standard InChI is InChI=1S/C29H39ClN2O5/c1-20-10-6-11-21(18-20)25-23(13-7-14-24(25)30)29(35,15-9-16-31-26(33)36-5)22-12-8-17-32(19-22)27(34)37-28(2,3)4/h6-7,10-11,13-14,18,22,35H,8-9,12,15-17,19H2,1-5H3,(H,31,33)/t22-,29+/m1/s1. The summed E-state index contributed by atoms with van der Waals surface area (Å²) in [6, 6.07) is 13.6. The van der Waals surface area contributed by atoms with Crippen molar-refractivity contribution in [2.75, 3.05) is 26.7 Å². The third kappa shape index (κ3) is 7.39. The number of likely N-dealkylation sites (tertiary alicyclic amines) is 1. The number of rotatable bonds is 7. The van der Waals surface area contributed by atoms with Crippen molar-refractivity contribution in [1.29, 1.82) is 0 Å². The number of aliphatic hydroxyl groups is 1. The molecular formula is C29H39ClN2O5. The second-order valence-corrected chi connectivity index (χ2v) is 11.2. The van der Waals surface area contributed by atoms with Crippen LogP contribution in [0.15, 0.2) is 42.5 Å². The van der Waals surface area contributed by atoms with Crippen LogP contribution in [-0.2, 0) is 15.1 Å². The number of nitrogens with zero attached hydrogens (tertiary/aromatic N) is 1. The van der Waals surface area contributed by atoms with Gasteiger partial charge in [-0.1, -0.05) is 53.6 Å². The van der Waals surface area contributed by atoms with Crippen molar-refractivity contribution in [2.45, 2.75) is 64.6 Å². The Balaban J connectivity index is 2.00. The van der Waals surface area contributed by atoms with Crippen LogP contribution in [0.1, 0.15) is 57.6 Å². The van der Waals surface area contributed by atoms with Gasteiger partial charge in [0.1, 0.15) is 5.60 Å². The van der Waals surface area contributed by atoms with Crippen LogP contribution in [0.3, 0.4) is 0 Å². The maximum absolute atomic E-state index is 12.9. The predicted molar refractivity (Wildman–Crippen MR) is 146 cm³/mol. The lowest BCUT2D eigenvalue weighted by Crippen LogP contribution is -2.49. The Morgan fingerprint density at radius 1 is 1.19 bits per heavy atom. The zero-order valence-electron chi connectivity index (χ0n) is 22.5. The molecule has 1 aliphatic heterocycles. The summed E-state index contributed by atoms with van der Waals surface area (Å²) >= 11 is 6.77. The molecule has 0 aromatic heterocycles. The first-order valence-electron chi connectivity index (χ1n) is 12.8.